The summed E-state index contributed by atoms with van der Waals surface area (Å²) in [4.78, 5) is 16.6. The fourth-order valence-corrected chi connectivity index (χ4v) is 3.41. The van der Waals surface area contributed by atoms with Crippen LogP contribution in [-0.2, 0) is 9.47 Å². The SMILES string of the molecule is CCOC(=O)c1nc(Br)n(C(C)COC)c1C(O)c1ccc(Cl)cc1. The zero-order chi connectivity index (χ0) is 18.6. The largest absolute Gasteiger partial charge is 0.461 e. The quantitative estimate of drug-likeness (QED) is 0.676. The number of ether oxygens (including phenoxy) is 2. The summed E-state index contributed by atoms with van der Waals surface area (Å²) in [5, 5.41) is 11.5. The van der Waals surface area contributed by atoms with E-state index in [1.54, 1.807) is 42.9 Å². The summed E-state index contributed by atoms with van der Waals surface area (Å²) in [6, 6.07) is 6.60. The molecule has 0 bridgehead atoms. The first kappa shape index (κ1) is 19.9. The molecule has 2 unspecified atom stereocenters. The second kappa shape index (κ2) is 8.80. The van der Waals surface area contributed by atoms with Crippen molar-refractivity contribution in [2.75, 3.05) is 20.3 Å². The van der Waals surface area contributed by atoms with E-state index in [1.165, 1.54) is 0 Å². The van der Waals surface area contributed by atoms with Gasteiger partial charge in [-0.05, 0) is 47.5 Å². The molecule has 2 aromatic rings. The summed E-state index contributed by atoms with van der Waals surface area (Å²) in [5.74, 6) is -0.588. The minimum atomic E-state index is -1.07. The monoisotopic (exact) mass is 430 g/mol. The highest BCUT2D eigenvalue weighted by Gasteiger charge is 2.30. The van der Waals surface area contributed by atoms with E-state index in [0.717, 1.165) is 0 Å². The standard InChI is InChI=1S/C17H20BrClN2O4/c1-4-25-16(23)13-14(15(22)11-5-7-12(19)8-6-11)21(17(18)20-13)10(2)9-24-3/h5-8,10,15,22H,4,9H2,1-3H3. The van der Waals surface area contributed by atoms with Crippen molar-refractivity contribution >= 4 is 33.5 Å². The van der Waals surface area contributed by atoms with Gasteiger partial charge in [-0.3, -0.25) is 0 Å². The number of aliphatic hydroxyl groups excluding tert-OH is 1. The van der Waals surface area contributed by atoms with Crippen LogP contribution in [-0.4, -0.2) is 41.0 Å². The number of hydrogen-bond acceptors (Lipinski definition) is 5. The van der Waals surface area contributed by atoms with Crippen LogP contribution in [0.1, 0.15) is 47.7 Å². The Morgan fingerprint density at radius 1 is 1.40 bits per heavy atom. The number of carbonyl (C=O) groups is 1. The van der Waals surface area contributed by atoms with Crippen molar-refractivity contribution in [1.29, 1.82) is 0 Å². The number of rotatable bonds is 7. The number of aliphatic hydroxyl groups is 1. The number of benzene rings is 1. The molecule has 0 saturated heterocycles. The lowest BCUT2D eigenvalue weighted by Gasteiger charge is -2.21. The third kappa shape index (κ3) is 4.41. The molecule has 1 heterocycles. The zero-order valence-electron chi connectivity index (χ0n) is 14.2. The topological polar surface area (TPSA) is 73.6 Å². The second-order valence-electron chi connectivity index (χ2n) is 5.46. The molecule has 0 aliphatic heterocycles. The van der Waals surface area contributed by atoms with Gasteiger partial charge in [0, 0.05) is 12.1 Å². The third-order valence-corrected chi connectivity index (χ3v) is 4.48. The van der Waals surface area contributed by atoms with Crippen LogP contribution in [0.3, 0.4) is 0 Å². The van der Waals surface area contributed by atoms with Crippen molar-refractivity contribution in [2.45, 2.75) is 26.0 Å². The summed E-state index contributed by atoms with van der Waals surface area (Å²) < 4.78 is 12.4. The van der Waals surface area contributed by atoms with Crippen molar-refractivity contribution in [1.82, 2.24) is 9.55 Å². The van der Waals surface area contributed by atoms with Gasteiger partial charge in [0.2, 0.25) is 0 Å². The Kier molecular flexibility index (Phi) is 7.01. The molecule has 0 aliphatic rings. The molecule has 1 aromatic heterocycles. The van der Waals surface area contributed by atoms with E-state index in [4.69, 9.17) is 21.1 Å². The first-order chi connectivity index (χ1) is 11.9. The van der Waals surface area contributed by atoms with Gasteiger partial charge in [0.1, 0.15) is 6.10 Å². The van der Waals surface area contributed by atoms with Gasteiger partial charge in [-0.15, -0.1) is 0 Å². The molecule has 136 valence electrons. The summed E-state index contributed by atoms with van der Waals surface area (Å²) in [6.45, 7) is 4.22. The van der Waals surface area contributed by atoms with Crippen LogP contribution < -0.4 is 0 Å². The predicted molar refractivity (Wildman–Crippen MR) is 98.0 cm³/mol. The summed E-state index contributed by atoms with van der Waals surface area (Å²) in [5.41, 5.74) is 1.00. The fourth-order valence-electron chi connectivity index (χ4n) is 2.57. The maximum atomic E-state index is 12.3. The summed E-state index contributed by atoms with van der Waals surface area (Å²) >= 11 is 9.28. The number of hydrogen-bond donors (Lipinski definition) is 1. The molecule has 2 rings (SSSR count). The van der Waals surface area contributed by atoms with E-state index in [9.17, 15) is 9.90 Å². The van der Waals surface area contributed by atoms with E-state index in [-0.39, 0.29) is 18.3 Å². The Balaban J connectivity index is 2.57. The average Bonchev–Trinajstić information content (AvgIpc) is 2.93. The number of nitrogens with zero attached hydrogens (tertiary/aromatic N) is 2. The third-order valence-electron chi connectivity index (χ3n) is 3.67. The Morgan fingerprint density at radius 2 is 2.04 bits per heavy atom. The van der Waals surface area contributed by atoms with Gasteiger partial charge in [-0.2, -0.15) is 0 Å². The molecular weight excluding hydrogens is 412 g/mol. The zero-order valence-corrected chi connectivity index (χ0v) is 16.5. The Morgan fingerprint density at radius 3 is 2.60 bits per heavy atom. The highest BCUT2D eigenvalue weighted by molar-refractivity contribution is 9.10. The van der Waals surface area contributed by atoms with Gasteiger partial charge >= 0.3 is 5.97 Å². The second-order valence-corrected chi connectivity index (χ2v) is 6.61. The molecule has 8 heteroatoms. The van der Waals surface area contributed by atoms with Crippen molar-refractivity contribution in [3.63, 3.8) is 0 Å². The molecule has 0 aliphatic carbocycles. The smallest absolute Gasteiger partial charge is 0.358 e. The van der Waals surface area contributed by atoms with Crippen LogP contribution in [0.2, 0.25) is 5.02 Å². The molecule has 1 aromatic carbocycles. The van der Waals surface area contributed by atoms with Crippen LogP contribution in [0.5, 0.6) is 0 Å². The van der Waals surface area contributed by atoms with Crippen LogP contribution >= 0.6 is 27.5 Å². The number of methoxy groups -OCH3 is 1. The molecule has 0 amide bonds. The predicted octanol–water partition coefficient (Wildman–Crippen LogP) is 3.76. The van der Waals surface area contributed by atoms with E-state index in [1.807, 2.05) is 6.92 Å². The Hall–Kier alpha value is -1.41. The molecule has 0 fully saturated rings. The lowest BCUT2D eigenvalue weighted by atomic mass is 10.0. The molecular formula is C17H20BrClN2O4. The highest BCUT2D eigenvalue weighted by atomic mass is 79.9. The summed E-state index contributed by atoms with van der Waals surface area (Å²) in [7, 11) is 1.59. The van der Waals surface area contributed by atoms with Crippen LogP contribution in [0.15, 0.2) is 29.0 Å². The van der Waals surface area contributed by atoms with E-state index >= 15 is 0 Å². The maximum Gasteiger partial charge on any atom is 0.358 e. The molecule has 1 N–H and O–H groups in total. The summed E-state index contributed by atoms with van der Waals surface area (Å²) in [6.07, 6.45) is -1.07. The lowest BCUT2D eigenvalue weighted by Crippen LogP contribution is -2.19. The first-order valence-corrected chi connectivity index (χ1v) is 8.95. The Bertz CT molecular complexity index is 733. The van der Waals surface area contributed by atoms with E-state index in [0.29, 0.717) is 27.6 Å². The van der Waals surface area contributed by atoms with Gasteiger partial charge < -0.3 is 19.1 Å². The maximum absolute atomic E-state index is 12.3. The van der Waals surface area contributed by atoms with Gasteiger partial charge in [-0.1, -0.05) is 23.7 Å². The molecule has 2 atom stereocenters. The number of imidazole rings is 1. The average molecular weight is 432 g/mol. The first-order valence-electron chi connectivity index (χ1n) is 7.77. The van der Waals surface area contributed by atoms with Gasteiger partial charge in [0.25, 0.3) is 0 Å². The van der Waals surface area contributed by atoms with Crippen LogP contribution in [0.4, 0.5) is 0 Å². The minimum absolute atomic E-state index is 0.0686. The fraction of sp³-hybridized carbons (Fsp3) is 0.412. The number of carbonyl (C=O) groups excluding carboxylic acids is 1. The van der Waals surface area contributed by atoms with Crippen molar-refractivity contribution < 1.29 is 19.4 Å². The minimum Gasteiger partial charge on any atom is -0.461 e. The molecule has 25 heavy (non-hydrogen) atoms. The van der Waals surface area contributed by atoms with Gasteiger partial charge in [0.05, 0.1) is 24.9 Å². The number of aromatic nitrogens is 2. The molecule has 0 radical (unpaired) electrons. The van der Waals surface area contributed by atoms with Crippen molar-refractivity contribution in [2.24, 2.45) is 0 Å². The lowest BCUT2D eigenvalue weighted by molar-refractivity contribution is 0.0513. The van der Waals surface area contributed by atoms with E-state index in [2.05, 4.69) is 20.9 Å². The normalized spacial score (nSPS) is 13.5. The van der Waals surface area contributed by atoms with E-state index < -0.39 is 12.1 Å². The van der Waals surface area contributed by atoms with Crippen molar-refractivity contribution in [3.8, 4) is 0 Å². The van der Waals surface area contributed by atoms with Gasteiger partial charge in [0.15, 0.2) is 10.4 Å². The number of esters is 1. The van der Waals surface area contributed by atoms with Gasteiger partial charge in [-0.25, -0.2) is 9.78 Å². The highest BCUT2D eigenvalue weighted by Crippen LogP contribution is 2.32. The van der Waals surface area contributed by atoms with Crippen LogP contribution in [0, 0.1) is 0 Å². The molecule has 6 nitrogen and oxygen atoms in total. The van der Waals surface area contributed by atoms with Crippen LogP contribution in [0.25, 0.3) is 0 Å². The Labute approximate surface area is 159 Å². The molecule has 0 saturated carbocycles. The molecule has 0 spiro atoms. The number of halogens is 2. The van der Waals surface area contributed by atoms with Crippen molar-refractivity contribution in [3.05, 3.63) is 51.0 Å².